The van der Waals surface area contributed by atoms with Crippen molar-refractivity contribution in [1.29, 1.82) is 0 Å². The maximum absolute atomic E-state index is 6.35. The van der Waals surface area contributed by atoms with Crippen molar-refractivity contribution in [2.45, 2.75) is 63.9 Å². The van der Waals surface area contributed by atoms with Crippen molar-refractivity contribution in [2.24, 2.45) is 0 Å². The van der Waals surface area contributed by atoms with Gasteiger partial charge in [0.2, 0.25) is 0 Å². The molecule has 0 spiro atoms. The molecule has 0 heterocycles. The summed E-state index contributed by atoms with van der Waals surface area (Å²) in [5, 5.41) is 0. The Morgan fingerprint density at radius 1 is 1.06 bits per heavy atom. The van der Waals surface area contributed by atoms with Gasteiger partial charge in [0.15, 0.2) is 0 Å². The third-order valence-corrected chi connectivity index (χ3v) is 3.83. The summed E-state index contributed by atoms with van der Waals surface area (Å²) < 4.78 is 6.35. The summed E-state index contributed by atoms with van der Waals surface area (Å²) in [4.78, 5) is 0. The van der Waals surface area contributed by atoms with Crippen molar-refractivity contribution < 1.29 is 4.74 Å². The lowest BCUT2D eigenvalue weighted by Crippen LogP contribution is -2.38. The van der Waals surface area contributed by atoms with E-state index in [2.05, 4.69) is 31.2 Å². The number of hydrogen-bond acceptors (Lipinski definition) is 1. The Hall–Kier alpha value is -0.980. The zero-order chi connectivity index (χ0) is 12.0. The van der Waals surface area contributed by atoms with Crippen molar-refractivity contribution in [1.82, 2.24) is 0 Å². The maximum Gasteiger partial charge on any atom is 0.120 e. The molecule has 0 unspecified atom stereocenters. The zero-order valence-electron chi connectivity index (χ0n) is 11.0. The van der Waals surface area contributed by atoms with Crippen molar-refractivity contribution in [3.05, 3.63) is 30.3 Å². The van der Waals surface area contributed by atoms with Crippen molar-refractivity contribution >= 4 is 0 Å². The average molecular weight is 232 g/mol. The molecule has 17 heavy (non-hydrogen) atoms. The monoisotopic (exact) mass is 232 g/mol. The van der Waals surface area contributed by atoms with Crippen LogP contribution in [0, 0.1) is 0 Å². The molecule has 1 saturated carbocycles. The molecular formula is C16H24O. The van der Waals surface area contributed by atoms with Crippen LogP contribution in [0.1, 0.15) is 58.3 Å². The minimum Gasteiger partial charge on any atom is -0.487 e. The van der Waals surface area contributed by atoms with Gasteiger partial charge in [-0.25, -0.2) is 0 Å². The second kappa shape index (κ2) is 6.09. The third-order valence-electron chi connectivity index (χ3n) is 3.83. The normalized spacial score (nSPS) is 18.9. The minimum absolute atomic E-state index is 0.135. The molecule has 0 radical (unpaired) electrons. The van der Waals surface area contributed by atoms with Crippen molar-refractivity contribution in [2.75, 3.05) is 0 Å². The van der Waals surface area contributed by atoms with Gasteiger partial charge in [0, 0.05) is 0 Å². The molecule has 0 saturated heterocycles. The molecule has 1 heteroatoms. The Morgan fingerprint density at radius 3 is 2.41 bits per heavy atom. The molecule has 94 valence electrons. The molecule has 1 aliphatic carbocycles. The first-order chi connectivity index (χ1) is 8.35. The van der Waals surface area contributed by atoms with Gasteiger partial charge in [0.05, 0.1) is 0 Å². The van der Waals surface area contributed by atoms with Gasteiger partial charge in [0.25, 0.3) is 0 Å². The fourth-order valence-corrected chi connectivity index (χ4v) is 2.84. The number of benzene rings is 1. The first-order valence-electron chi connectivity index (χ1n) is 7.09. The highest BCUT2D eigenvalue weighted by molar-refractivity contribution is 5.22. The van der Waals surface area contributed by atoms with Gasteiger partial charge in [-0.1, -0.05) is 38.0 Å². The van der Waals surface area contributed by atoms with E-state index in [0.717, 1.165) is 5.75 Å². The second-order valence-electron chi connectivity index (χ2n) is 5.26. The molecule has 1 aliphatic rings. The zero-order valence-corrected chi connectivity index (χ0v) is 11.0. The number of unbranched alkanes of at least 4 members (excludes halogenated alkanes) is 1. The summed E-state index contributed by atoms with van der Waals surface area (Å²) in [7, 11) is 0. The van der Waals surface area contributed by atoms with Gasteiger partial charge >= 0.3 is 0 Å². The number of rotatable bonds is 5. The summed E-state index contributed by atoms with van der Waals surface area (Å²) in [5.41, 5.74) is 0.135. The highest BCUT2D eigenvalue weighted by Crippen LogP contribution is 2.36. The van der Waals surface area contributed by atoms with Crippen LogP contribution in [-0.4, -0.2) is 5.60 Å². The lowest BCUT2D eigenvalue weighted by molar-refractivity contribution is 0.0200. The molecule has 0 amide bonds. The molecule has 0 aliphatic heterocycles. The Bertz CT molecular complexity index is 312. The van der Waals surface area contributed by atoms with Crippen LogP contribution in [0.25, 0.3) is 0 Å². The van der Waals surface area contributed by atoms with Crippen LogP contribution in [0.5, 0.6) is 5.75 Å². The smallest absolute Gasteiger partial charge is 0.120 e. The Balaban J connectivity index is 2.04. The standard InChI is InChI=1S/C16H24O/c1-2-3-12-16(13-8-5-9-14-16)17-15-10-6-4-7-11-15/h4,6-7,10-11H,2-3,5,8-9,12-14H2,1H3. The fraction of sp³-hybridized carbons (Fsp3) is 0.625. The summed E-state index contributed by atoms with van der Waals surface area (Å²) in [5.74, 6) is 1.05. The Kier molecular flexibility index (Phi) is 4.47. The quantitative estimate of drug-likeness (QED) is 0.697. The van der Waals surface area contributed by atoms with Crippen LogP contribution in [-0.2, 0) is 0 Å². The largest absolute Gasteiger partial charge is 0.487 e. The molecule has 1 aromatic carbocycles. The maximum atomic E-state index is 6.35. The van der Waals surface area contributed by atoms with Crippen LogP contribution >= 0.6 is 0 Å². The minimum atomic E-state index is 0.135. The molecule has 1 fully saturated rings. The Morgan fingerprint density at radius 2 is 1.76 bits per heavy atom. The molecule has 0 atom stereocenters. The van der Waals surface area contributed by atoms with E-state index < -0.39 is 0 Å². The van der Waals surface area contributed by atoms with Crippen LogP contribution < -0.4 is 4.74 Å². The molecule has 1 aromatic rings. The first-order valence-corrected chi connectivity index (χ1v) is 7.09. The fourth-order valence-electron chi connectivity index (χ4n) is 2.84. The van der Waals surface area contributed by atoms with E-state index >= 15 is 0 Å². The summed E-state index contributed by atoms with van der Waals surface area (Å²) in [6, 6.07) is 10.3. The lowest BCUT2D eigenvalue weighted by Gasteiger charge is -2.38. The van der Waals surface area contributed by atoms with Gasteiger partial charge in [-0.15, -0.1) is 0 Å². The van der Waals surface area contributed by atoms with Crippen LogP contribution in [0.2, 0.25) is 0 Å². The van der Waals surface area contributed by atoms with Crippen LogP contribution in [0.4, 0.5) is 0 Å². The third kappa shape index (κ3) is 3.49. The van der Waals surface area contributed by atoms with Gasteiger partial charge in [-0.05, 0) is 50.7 Å². The number of ether oxygens (including phenoxy) is 1. The molecule has 0 N–H and O–H groups in total. The van der Waals surface area contributed by atoms with Crippen LogP contribution in [0.15, 0.2) is 30.3 Å². The summed E-state index contributed by atoms with van der Waals surface area (Å²) in [6.45, 7) is 2.26. The van der Waals surface area contributed by atoms with E-state index in [-0.39, 0.29) is 5.60 Å². The van der Waals surface area contributed by atoms with Gasteiger partial charge in [-0.2, -0.15) is 0 Å². The number of para-hydroxylation sites is 1. The van der Waals surface area contributed by atoms with Crippen molar-refractivity contribution in [3.63, 3.8) is 0 Å². The lowest BCUT2D eigenvalue weighted by atomic mass is 9.81. The summed E-state index contributed by atoms with van der Waals surface area (Å²) in [6.07, 6.45) is 10.3. The predicted molar refractivity (Wildman–Crippen MR) is 72.4 cm³/mol. The van der Waals surface area contributed by atoms with Crippen molar-refractivity contribution in [3.8, 4) is 5.75 Å². The second-order valence-corrected chi connectivity index (χ2v) is 5.26. The van der Waals surface area contributed by atoms with Gasteiger partial charge in [-0.3, -0.25) is 0 Å². The predicted octanol–water partition coefficient (Wildman–Crippen LogP) is 4.96. The van der Waals surface area contributed by atoms with E-state index in [1.807, 2.05) is 6.07 Å². The van der Waals surface area contributed by atoms with E-state index in [4.69, 9.17) is 4.74 Å². The average Bonchev–Trinajstić information content (AvgIpc) is 2.39. The molecule has 1 nitrogen and oxygen atoms in total. The van der Waals surface area contributed by atoms with Gasteiger partial charge in [0.1, 0.15) is 11.4 Å². The molecular weight excluding hydrogens is 208 g/mol. The molecule has 2 rings (SSSR count). The molecule has 0 bridgehead atoms. The van der Waals surface area contributed by atoms with Gasteiger partial charge < -0.3 is 4.74 Å². The first kappa shape index (κ1) is 12.5. The number of hydrogen-bond donors (Lipinski definition) is 0. The highest BCUT2D eigenvalue weighted by Gasteiger charge is 2.33. The molecule has 0 aromatic heterocycles. The van der Waals surface area contributed by atoms with E-state index in [9.17, 15) is 0 Å². The van der Waals surface area contributed by atoms with E-state index in [1.54, 1.807) is 0 Å². The highest BCUT2D eigenvalue weighted by atomic mass is 16.5. The topological polar surface area (TPSA) is 9.23 Å². The van der Waals surface area contributed by atoms with Crippen LogP contribution in [0.3, 0.4) is 0 Å². The Labute approximate surface area is 105 Å². The van der Waals surface area contributed by atoms with E-state index in [0.29, 0.717) is 0 Å². The van der Waals surface area contributed by atoms with E-state index in [1.165, 1.54) is 51.4 Å². The summed E-state index contributed by atoms with van der Waals surface area (Å²) >= 11 is 0. The SMILES string of the molecule is CCCCC1(Oc2ccccc2)CCCCC1.